The molecule has 0 saturated carbocycles. The second-order valence-electron chi connectivity index (χ2n) is 6.88. The fourth-order valence-electron chi connectivity index (χ4n) is 2.79. The van der Waals surface area contributed by atoms with Crippen molar-refractivity contribution >= 4 is 6.09 Å². The summed E-state index contributed by atoms with van der Waals surface area (Å²) in [6, 6.07) is 5.02. The van der Waals surface area contributed by atoms with E-state index in [9.17, 15) is 9.18 Å². The predicted molar refractivity (Wildman–Crippen MR) is 84.3 cm³/mol. The Hall–Kier alpha value is -1.62. The number of amides is 1. The first kappa shape index (κ1) is 16.7. The average molecular weight is 308 g/mol. The molecular weight excluding hydrogens is 283 g/mol. The lowest BCUT2D eigenvalue weighted by Crippen LogP contribution is -2.45. The average Bonchev–Trinajstić information content (AvgIpc) is 2.36. The molecule has 0 aromatic heterocycles. The number of carbonyl (C=O) groups excluding carboxylic acids is 1. The molecule has 1 amide bonds. The van der Waals surface area contributed by atoms with Gasteiger partial charge in [-0.25, -0.2) is 9.18 Å². The van der Waals surface area contributed by atoms with Crippen molar-refractivity contribution in [3.63, 3.8) is 0 Å². The summed E-state index contributed by atoms with van der Waals surface area (Å²) in [5.41, 5.74) is 1.51. The second kappa shape index (κ2) is 6.65. The number of aryl methyl sites for hydroxylation is 1. The molecule has 22 heavy (non-hydrogen) atoms. The van der Waals surface area contributed by atoms with Gasteiger partial charge in [-0.15, -0.1) is 0 Å². The third kappa shape index (κ3) is 4.70. The van der Waals surface area contributed by atoms with Gasteiger partial charge in [-0.05, 0) is 70.3 Å². The van der Waals surface area contributed by atoms with Gasteiger partial charge in [-0.1, -0.05) is 6.07 Å². The van der Waals surface area contributed by atoms with Gasteiger partial charge >= 0.3 is 6.09 Å². The monoisotopic (exact) mass is 308 g/mol. The number of carbonyl (C=O) groups is 1. The van der Waals surface area contributed by atoms with Gasteiger partial charge in [0.05, 0.1) is 0 Å². The van der Waals surface area contributed by atoms with Crippen LogP contribution in [0.1, 0.15) is 50.8 Å². The molecule has 0 radical (unpaired) electrons. The smallest absolute Gasteiger partial charge is 0.407 e. The van der Waals surface area contributed by atoms with Crippen molar-refractivity contribution in [3.8, 4) is 0 Å². The maximum Gasteiger partial charge on any atom is 0.407 e. The molecule has 1 saturated heterocycles. The number of nitrogens with one attached hydrogen (secondary N) is 2. The van der Waals surface area contributed by atoms with Crippen molar-refractivity contribution in [2.45, 2.75) is 58.2 Å². The van der Waals surface area contributed by atoms with E-state index in [0.717, 1.165) is 30.5 Å². The Morgan fingerprint density at radius 1 is 1.41 bits per heavy atom. The molecule has 1 heterocycles. The molecule has 4 nitrogen and oxygen atoms in total. The lowest BCUT2D eigenvalue weighted by atomic mass is 9.91. The Bertz CT molecular complexity index is 540. The normalized spacial score (nSPS) is 22.2. The van der Waals surface area contributed by atoms with Crippen LogP contribution >= 0.6 is 0 Å². The lowest BCUT2D eigenvalue weighted by molar-refractivity contribution is 0.0490. The van der Waals surface area contributed by atoms with Crippen LogP contribution in [-0.4, -0.2) is 24.3 Å². The van der Waals surface area contributed by atoms with Crippen LogP contribution in [-0.2, 0) is 4.74 Å². The predicted octanol–water partition coefficient (Wildman–Crippen LogP) is 3.45. The van der Waals surface area contributed by atoms with Crippen LogP contribution in [0.2, 0.25) is 0 Å². The van der Waals surface area contributed by atoms with E-state index in [1.807, 2.05) is 33.8 Å². The highest BCUT2D eigenvalue weighted by Crippen LogP contribution is 2.26. The Balaban J connectivity index is 1.98. The van der Waals surface area contributed by atoms with Crippen LogP contribution in [0.15, 0.2) is 18.2 Å². The molecule has 1 aliphatic rings. The van der Waals surface area contributed by atoms with Gasteiger partial charge in [0.2, 0.25) is 0 Å². The fourth-order valence-corrected chi connectivity index (χ4v) is 2.79. The van der Waals surface area contributed by atoms with Gasteiger partial charge in [0.1, 0.15) is 11.4 Å². The van der Waals surface area contributed by atoms with E-state index in [1.165, 1.54) is 6.07 Å². The molecule has 0 spiro atoms. The molecule has 0 bridgehead atoms. The van der Waals surface area contributed by atoms with Crippen LogP contribution in [0.25, 0.3) is 0 Å². The quantitative estimate of drug-likeness (QED) is 0.880. The van der Waals surface area contributed by atoms with Gasteiger partial charge < -0.3 is 15.4 Å². The molecule has 2 rings (SSSR count). The number of rotatable bonds is 2. The Kier molecular flexibility index (Phi) is 5.06. The standard InChI is InChI=1S/C17H25FN2O2/c1-11-9-12(18)5-6-14(11)15-10-13(7-8-19-15)20-16(21)22-17(2,3)4/h5-6,9,13,15,19H,7-8,10H2,1-4H3,(H,20,21)/t13-,15+/m1/s1. The van der Waals surface area contributed by atoms with Crippen LogP contribution in [0.4, 0.5) is 9.18 Å². The van der Waals surface area contributed by atoms with Crippen molar-refractivity contribution in [3.05, 3.63) is 35.1 Å². The van der Waals surface area contributed by atoms with Crippen molar-refractivity contribution in [2.75, 3.05) is 6.54 Å². The molecule has 1 aromatic carbocycles. The summed E-state index contributed by atoms with van der Waals surface area (Å²) in [6.07, 6.45) is 1.25. The minimum atomic E-state index is -0.496. The first-order valence-electron chi connectivity index (χ1n) is 7.73. The van der Waals surface area contributed by atoms with Crippen LogP contribution in [0, 0.1) is 12.7 Å². The van der Waals surface area contributed by atoms with E-state index >= 15 is 0 Å². The summed E-state index contributed by atoms with van der Waals surface area (Å²) in [5.74, 6) is -0.222. The summed E-state index contributed by atoms with van der Waals surface area (Å²) in [4.78, 5) is 11.9. The minimum Gasteiger partial charge on any atom is -0.444 e. The molecular formula is C17H25FN2O2. The summed E-state index contributed by atoms with van der Waals surface area (Å²) >= 11 is 0. The first-order valence-corrected chi connectivity index (χ1v) is 7.73. The van der Waals surface area contributed by atoms with Crippen LogP contribution in [0.3, 0.4) is 0 Å². The highest BCUT2D eigenvalue weighted by molar-refractivity contribution is 5.68. The van der Waals surface area contributed by atoms with Gasteiger partial charge in [0.25, 0.3) is 0 Å². The van der Waals surface area contributed by atoms with Crippen molar-refractivity contribution in [1.82, 2.24) is 10.6 Å². The first-order chi connectivity index (χ1) is 10.2. The van der Waals surface area contributed by atoms with E-state index < -0.39 is 5.60 Å². The second-order valence-corrected chi connectivity index (χ2v) is 6.88. The fraction of sp³-hybridized carbons (Fsp3) is 0.588. The third-order valence-corrected chi connectivity index (χ3v) is 3.73. The zero-order valence-corrected chi connectivity index (χ0v) is 13.7. The highest BCUT2D eigenvalue weighted by Gasteiger charge is 2.26. The molecule has 2 atom stereocenters. The molecule has 1 fully saturated rings. The summed E-state index contributed by atoms with van der Waals surface area (Å²) < 4.78 is 18.5. The molecule has 1 aromatic rings. The number of hydrogen-bond acceptors (Lipinski definition) is 3. The van der Waals surface area contributed by atoms with Gasteiger partial charge in [-0.3, -0.25) is 0 Å². The number of alkyl carbamates (subject to hydrolysis) is 1. The van der Waals surface area contributed by atoms with Crippen molar-refractivity contribution in [1.29, 1.82) is 0 Å². The van der Waals surface area contributed by atoms with Crippen molar-refractivity contribution in [2.24, 2.45) is 0 Å². The number of ether oxygens (including phenoxy) is 1. The maximum absolute atomic E-state index is 13.2. The largest absolute Gasteiger partial charge is 0.444 e. The molecule has 2 N–H and O–H groups in total. The maximum atomic E-state index is 13.2. The molecule has 0 unspecified atom stereocenters. The number of benzene rings is 1. The summed E-state index contributed by atoms with van der Waals surface area (Å²) in [6.45, 7) is 8.26. The number of hydrogen-bond donors (Lipinski definition) is 2. The van der Waals surface area contributed by atoms with E-state index in [0.29, 0.717) is 0 Å². The van der Waals surface area contributed by atoms with E-state index in [2.05, 4.69) is 10.6 Å². The molecule has 1 aliphatic heterocycles. The molecule has 0 aliphatic carbocycles. The topological polar surface area (TPSA) is 50.4 Å². The third-order valence-electron chi connectivity index (χ3n) is 3.73. The van der Waals surface area contributed by atoms with Gasteiger partial charge in [-0.2, -0.15) is 0 Å². The lowest BCUT2D eigenvalue weighted by Gasteiger charge is -2.32. The van der Waals surface area contributed by atoms with E-state index in [4.69, 9.17) is 4.74 Å². The Morgan fingerprint density at radius 2 is 2.14 bits per heavy atom. The number of halogens is 1. The van der Waals surface area contributed by atoms with Crippen molar-refractivity contribution < 1.29 is 13.9 Å². The number of piperidine rings is 1. The van der Waals surface area contributed by atoms with Gasteiger partial charge in [0.15, 0.2) is 0 Å². The van der Waals surface area contributed by atoms with Crippen LogP contribution in [0.5, 0.6) is 0 Å². The molecule has 5 heteroatoms. The Morgan fingerprint density at radius 3 is 2.77 bits per heavy atom. The van der Waals surface area contributed by atoms with E-state index in [1.54, 1.807) is 6.07 Å². The SMILES string of the molecule is Cc1cc(F)ccc1[C@@H]1C[C@H](NC(=O)OC(C)(C)C)CCN1. The molecule has 122 valence electrons. The summed E-state index contributed by atoms with van der Waals surface area (Å²) in [7, 11) is 0. The van der Waals surface area contributed by atoms with E-state index in [-0.39, 0.29) is 24.0 Å². The summed E-state index contributed by atoms with van der Waals surface area (Å²) in [5, 5.41) is 6.36. The van der Waals surface area contributed by atoms with Crippen LogP contribution < -0.4 is 10.6 Å². The highest BCUT2D eigenvalue weighted by atomic mass is 19.1. The Labute approximate surface area is 131 Å². The minimum absolute atomic E-state index is 0.0607. The zero-order valence-electron chi connectivity index (χ0n) is 13.7. The zero-order chi connectivity index (χ0) is 16.3. The van der Waals surface area contributed by atoms with Gasteiger partial charge in [0, 0.05) is 12.1 Å².